The molecule has 0 atom stereocenters. The van der Waals surface area contributed by atoms with Crippen molar-refractivity contribution in [1.29, 1.82) is 0 Å². The third kappa shape index (κ3) is 4.00. The molecule has 29 heavy (non-hydrogen) atoms. The highest BCUT2D eigenvalue weighted by atomic mass is 32.1. The van der Waals surface area contributed by atoms with Gasteiger partial charge in [0.1, 0.15) is 18.1 Å². The van der Waals surface area contributed by atoms with Crippen molar-refractivity contribution >= 4 is 32.6 Å². The van der Waals surface area contributed by atoms with Crippen LogP contribution in [0.2, 0.25) is 0 Å². The lowest BCUT2D eigenvalue weighted by molar-refractivity contribution is 0.101. The summed E-state index contributed by atoms with van der Waals surface area (Å²) < 4.78 is 12.2. The molecule has 0 aliphatic carbocycles. The smallest absolute Gasteiger partial charge is 0.280 e. The van der Waals surface area contributed by atoms with Crippen LogP contribution in [0.4, 0.5) is 5.13 Å². The number of carbonyl (C=O) groups excluding carboxylic acids is 1. The lowest BCUT2D eigenvalue weighted by atomic mass is 10.1. The van der Waals surface area contributed by atoms with Crippen LogP contribution in [0.5, 0.6) is 5.75 Å². The SMILES string of the molecule is Cc1cc(C)cc(OCc2c(C(=O)Nc3nc4c(C)cccc4s3)noc2C)c1. The Bertz CT molecular complexity index is 1190. The summed E-state index contributed by atoms with van der Waals surface area (Å²) in [6.07, 6.45) is 0. The van der Waals surface area contributed by atoms with Crippen molar-refractivity contribution in [2.75, 3.05) is 5.32 Å². The molecule has 7 heteroatoms. The van der Waals surface area contributed by atoms with Gasteiger partial charge < -0.3 is 9.26 Å². The number of nitrogens with one attached hydrogen (secondary N) is 1. The Morgan fingerprint density at radius 1 is 1.14 bits per heavy atom. The minimum atomic E-state index is -0.363. The van der Waals surface area contributed by atoms with Gasteiger partial charge in [-0.05, 0) is 62.6 Å². The molecule has 4 aromatic rings. The monoisotopic (exact) mass is 407 g/mol. The van der Waals surface area contributed by atoms with Crippen LogP contribution in [0.1, 0.15) is 38.5 Å². The van der Waals surface area contributed by atoms with Gasteiger partial charge in [-0.15, -0.1) is 0 Å². The predicted molar refractivity (Wildman–Crippen MR) is 114 cm³/mol. The van der Waals surface area contributed by atoms with E-state index in [0.29, 0.717) is 16.5 Å². The van der Waals surface area contributed by atoms with E-state index in [4.69, 9.17) is 9.26 Å². The topological polar surface area (TPSA) is 77.2 Å². The molecule has 1 N–H and O–H groups in total. The summed E-state index contributed by atoms with van der Waals surface area (Å²) >= 11 is 1.43. The lowest BCUT2D eigenvalue weighted by Crippen LogP contribution is -2.15. The number of hydrogen-bond donors (Lipinski definition) is 1. The molecule has 1 amide bonds. The van der Waals surface area contributed by atoms with Crippen molar-refractivity contribution in [1.82, 2.24) is 10.1 Å². The first-order valence-electron chi connectivity index (χ1n) is 9.24. The van der Waals surface area contributed by atoms with E-state index < -0.39 is 0 Å². The molecule has 0 spiro atoms. The summed E-state index contributed by atoms with van der Waals surface area (Å²) in [5, 5.41) is 7.30. The van der Waals surface area contributed by atoms with Gasteiger partial charge in [0.05, 0.1) is 15.8 Å². The van der Waals surface area contributed by atoms with Gasteiger partial charge in [-0.25, -0.2) is 4.98 Å². The number of ether oxygens (including phenoxy) is 1. The molecule has 0 aliphatic heterocycles. The number of thiazole rings is 1. The molecular weight excluding hydrogens is 386 g/mol. The summed E-state index contributed by atoms with van der Waals surface area (Å²) in [6.45, 7) is 7.99. The minimum absolute atomic E-state index is 0.194. The molecule has 0 unspecified atom stereocenters. The van der Waals surface area contributed by atoms with Crippen LogP contribution in [-0.4, -0.2) is 16.0 Å². The van der Waals surface area contributed by atoms with E-state index in [0.717, 1.165) is 32.7 Å². The first kappa shape index (κ1) is 19.1. The molecule has 148 valence electrons. The van der Waals surface area contributed by atoms with Crippen LogP contribution < -0.4 is 10.1 Å². The van der Waals surface area contributed by atoms with Crippen molar-refractivity contribution in [3.8, 4) is 5.75 Å². The largest absolute Gasteiger partial charge is 0.489 e. The van der Waals surface area contributed by atoms with E-state index in [2.05, 4.69) is 21.5 Å². The van der Waals surface area contributed by atoms with Crippen molar-refractivity contribution in [2.24, 2.45) is 0 Å². The van der Waals surface area contributed by atoms with E-state index >= 15 is 0 Å². The number of benzene rings is 2. The quantitative estimate of drug-likeness (QED) is 0.483. The second kappa shape index (κ2) is 7.67. The fourth-order valence-corrected chi connectivity index (χ4v) is 4.15. The zero-order valence-corrected chi connectivity index (χ0v) is 17.5. The highest BCUT2D eigenvalue weighted by Crippen LogP contribution is 2.28. The van der Waals surface area contributed by atoms with Crippen molar-refractivity contribution in [3.63, 3.8) is 0 Å². The van der Waals surface area contributed by atoms with E-state index in [1.165, 1.54) is 11.3 Å². The number of amides is 1. The second-order valence-electron chi connectivity index (χ2n) is 7.07. The lowest BCUT2D eigenvalue weighted by Gasteiger charge is -2.08. The Morgan fingerprint density at radius 2 is 1.90 bits per heavy atom. The van der Waals surface area contributed by atoms with Crippen LogP contribution in [-0.2, 0) is 6.61 Å². The molecule has 2 aromatic carbocycles. The highest BCUT2D eigenvalue weighted by molar-refractivity contribution is 7.22. The minimum Gasteiger partial charge on any atom is -0.489 e. The molecule has 4 rings (SSSR count). The number of hydrogen-bond acceptors (Lipinski definition) is 6. The molecule has 0 aliphatic rings. The number of carbonyl (C=O) groups is 1. The van der Waals surface area contributed by atoms with E-state index in [1.807, 2.05) is 51.1 Å². The zero-order valence-electron chi connectivity index (χ0n) is 16.7. The summed E-state index contributed by atoms with van der Waals surface area (Å²) in [6, 6.07) is 12.0. The second-order valence-corrected chi connectivity index (χ2v) is 8.10. The Labute approximate surface area is 172 Å². The van der Waals surface area contributed by atoms with Gasteiger partial charge in [-0.1, -0.05) is 34.7 Å². The summed E-state index contributed by atoms with van der Waals surface area (Å²) in [7, 11) is 0. The zero-order chi connectivity index (χ0) is 20.5. The van der Waals surface area contributed by atoms with Crippen molar-refractivity contribution < 1.29 is 14.1 Å². The third-order valence-corrected chi connectivity index (χ3v) is 5.56. The van der Waals surface area contributed by atoms with Crippen LogP contribution in [0.3, 0.4) is 0 Å². The van der Waals surface area contributed by atoms with Crippen molar-refractivity contribution in [2.45, 2.75) is 34.3 Å². The summed E-state index contributed by atoms with van der Waals surface area (Å²) in [5.74, 6) is 0.938. The Hall–Kier alpha value is -3.19. The van der Waals surface area contributed by atoms with Gasteiger partial charge >= 0.3 is 0 Å². The van der Waals surface area contributed by atoms with Crippen molar-refractivity contribution in [3.05, 3.63) is 70.1 Å². The number of anilines is 1. The van der Waals surface area contributed by atoms with Gasteiger partial charge in [-0.3, -0.25) is 10.1 Å². The molecule has 0 bridgehead atoms. The number of fused-ring (bicyclic) bond motifs is 1. The normalized spacial score (nSPS) is 11.0. The van der Waals surface area contributed by atoms with Crippen LogP contribution >= 0.6 is 11.3 Å². The maximum absolute atomic E-state index is 12.8. The van der Waals surface area contributed by atoms with Gasteiger partial charge in [0.15, 0.2) is 10.8 Å². The number of para-hydroxylation sites is 1. The first-order valence-corrected chi connectivity index (χ1v) is 10.1. The maximum atomic E-state index is 12.8. The molecule has 6 nitrogen and oxygen atoms in total. The van der Waals surface area contributed by atoms with E-state index in [9.17, 15) is 4.79 Å². The Morgan fingerprint density at radius 3 is 2.62 bits per heavy atom. The molecular formula is C22H21N3O3S. The van der Waals surface area contributed by atoms with E-state index in [-0.39, 0.29) is 18.2 Å². The highest BCUT2D eigenvalue weighted by Gasteiger charge is 2.22. The number of aryl methyl sites for hydroxylation is 4. The molecule has 0 fully saturated rings. The molecule has 0 saturated heterocycles. The first-order chi connectivity index (χ1) is 13.9. The Balaban J connectivity index is 1.54. The number of nitrogens with zero attached hydrogens (tertiary/aromatic N) is 2. The van der Waals surface area contributed by atoms with Gasteiger partial charge in [0.25, 0.3) is 5.91 Å². The van der Waals surface area contributed by atoms with Gasteiger partial charge in [0, 0.05) is 0 Å². The molecule has 2 heterocycles. The van der Waals surface area contributed by atoms with Crippen LogP contribution in [0.15, 0.2) is 40.9 Å². The number of rotatable bonds is 5. The third-order valence-electron chi connectivity index (χ3n) is 4.62. The van der Waals surface area contributed by atoms with Crippen LogP contribution in [0, 0.1) is 27.7 Å². The molecule has 0 radical (unpaired) electrons. The number of aromatic nitrogens is 2. The molecule has 2 aromatic heterocycles. The fraction of sp³-hybridized carbons (Fsp3) is 0.227. The predicted octanol–water partition coefficient (Wildman–Crippen LogP) is 5.35. The van der Waals surface area contributed by atoms with Crippen LogP contribution in [0.25, 0.3) is 10.2 Å². The average molecular weight is 407 g/mol. The summed E-state index contributed by atoms with van der Waals surface area (Å²) in [4.78, 5) is 17.3. The van der Waals surface area contributed by atoms with Gasteiger partial charge in [-0.2, -0.15) is 0 Å². The van der Waals surface area contributed by atoms with Gasteiger partial charge in [0.2, 0.25) is 0 Å². The fourth-order valence-electron chi connectivity index (χ4n) is 3.21. The standard InChI is InChI=1S/C22H21N3O3S/c1-12-8-13(2)10-16(9-12)27-11-17-15(4)28-25-20(17)21(26)24-22-23-19-14(3)6-5-7-18(19)29-22/h5-10H,11H2,1-4H3,(H,23,24,26). The average Bonchev–Trinajstić information content (AvgIpc) is 3.23. The Kier molecular flexibility index (Phi) is 5.07. The van der Waals surface area contributed by atoms with E-state index in [1.54, 1.807) is 6.92 Å². The molecule has 0 saturated carbocycles. The summed E-state index contributed by atoms with van der Waals surface area (Å²) in [5.41, 5.74) is 5.03. The maximum Gasteiger partial charge on any atom is 0.280 e.